The average Bonchev–Trinajstić information content (AvgIpc) is 2.82. The third kappa shape index (κ3) is 7.81. The van der Waals surface area contributed by atoms with Gasteiger partial charge in [-0.2, -0.15) is 24.8 Å². The topological polar surface area (TPSA) is 56.4 Å². The van der Waals surface area contributed by atoms with Crippen LogP contribution in [0.2, 0.25) is 0 Å². The fraction of sp³-hybridized carbons (Fsp3) is 0. The van der Waals surface area contributed by atoms with Crippen molar-refractivity contribution in [2.45, 2.75) is 0 Å². The number of allylic oxidation sites excluding steroid dienone is 4. The van der Waals surface area contributed by atoms with E-state index in [-0.39, 0.29) is 17.1 Å². The molecule has 0 atom stereocenters. The maximum Gasteiger partial charge on any atom is 2.00 e. The third-order valence-corrected chi connectivity index (χ3v) is 4.69. The summed E-state index contributed by atoms with van der Waals surface area (Å²) >= 11 is 0. The van der Waals surface area contributed by atoms with Crippen molar-refractivity contribution in [3.63, 3.8) is 0 Å². The van der Waals surface area contributed by atoms with Gasteiger partial charge < -0.3 is 21.3 Å². The van der Waals surface area contributed by atoms with Crippen LogP contribution in [0.5, 0.6) is 0 Å². The van der Waals surface area contributed by atoms with E-state index in [9.17, 15) is 25.2 Å². The first kappa shape index (κ1) is 27.2. The largest absolute Gasteiger partial charge is 2.00 e. The Morgan fingerprint density at radius 2 is 0.611 bits per heavy atom. The van der Waals surface area contributed by atoms with Gasteiger partial charge in [0, 0.05) is 0 Å². The van der Waals surface area contributed by atoms with Gasteiger partial charge in [0.05, 0.1) is 0 Å². The number of hydrogen-bond acceptors (Lipinski definition) is 0. The molecular formula is C24H16CuF6N4P-3. The summed E-state index contributed by atoms with van der Waals surface area (Å²) in [7, 11) is -10.7. The van der Waals surface area contributed by atoms with Crippen molar-refractivity contribution in [3.8, 4) is 0 Å². The van der Waals surface area contributed by atoms with E-state index in [0.717, 1.165) is 43.6 Å². The molecule has 0 aliphatic carbocycles. The van der Waals surface area contributed by atoms with Gasteiger partial charge in [0.1, 0.15) is 0 Å². The minimum absolute atomic E-state index is 0. The van der Waals surface area contributed by atoms with E-state index in [0.29, 0.717) is 0 Å². The van der Waals surface area contributed by atoms with Gasteiger partial charge in [-0.15, -0.1) is 22.7 Å². The Bertz CT molecular complexity index is 1330. The van der Waals surface area contributed by atoms with Crippen LogP contribution in [0.1, 0.15) is 0 Å². The predicted molar refractivity (Wildman–Crippen MR) is 131 cm³/mol. The molecule has 0 saturated heterocycles. The van der Waals surface area contributed by atoms with E-state index >= 15 is 0 Å². The van der Waals surface area contributed by atoms with Gasteiger partial charge in [-0.05, 0) is 20.9 Å². The maximum atomic E-state index is 9.87. The first-order valence-electron chi connectivity index (χ1n) is 10.1. The first-order valence-corrected chi connectivity index (χ1v) is 12.1. The molecule has 1 radical (unpaired) electrons. The van der Waals surface area contributed by atoms with Crippen LogP contribution in [0, 0.1) is 0 Å². The van der Waals surface area contributed by atoms with Gasteiger partial charge in [-0.1, -0.05) is 72.9 Å². The van der Waals surface area contributed by atoms with Gasteiger partial charge >= 0.3 is 50.1 Å². The summed E-state index contributed by atoms with van der Waals surface area (Å²) < 4.78 is 59.2. The fourth-order valence-electron chi connectivity index (χ4n) is 3.36. The standard InChI is InChI=1S/2C12H8N2.Cu.F6P/c2*1-3-9-5-6-10-4-2-8-14-12(10)11(9)13-7-1;;1-7(2,3,4,5)6/h2*1-8H;;/q2*-2;+2;-1. The fourth-order valence-corrected chi connectivity index (χ4v) is 3.36. The number of halogens is 6. The summed E-state index contributed by atoms with van der Waals surface area (Å²) in [4.78, 5) is 0. The molecule has 0 spiro atoms. The summed E-state index contributed by atoms with van der Waals surface area (Å²) in [5.74, 6) is 0. The van der Waals surface area contributed by atoms with Crippen LogP contribution in [0.15, 0.2) is 73.4 Å². The number of benzene rings is 2. The molecule has 0 aromatic heterocycles. The normalized spacial score (nSPS) is 16.5. The quantitative estimate of drug-likeness (QED) is 0.176. The molecule has 4 aliphatic rings. The molecule has 0 unspecified atom stereocenters. The molecule has 6 rings (SSSR count). The molecule has 2 aromatic rings. The zero-order chi connectivity index (χ0) is 25.2. The molecule has 0 saturated carbocycles. The van der Waals surface area contributed by atoms with Crippen molar-refractivity contribution < 1.29 is 42.3 Å². The smallest absolute Gasteiger partial charge is 2.00 e. The predicted octanol–water partition coefficient (Wildman–Crippen LogP) is 8.01. The van der Waals surface area contributed by atoms with Crippen molar-refractivity contribution >= 4 is 54.9 Å². The van der Waals surface area contributed by atoms with Gasteiger partial charge in [0.2, 0.25) is 0 Å². The van der Waals surface area contributed by atoms with E-state index < -0.39 is 7.81 Å². The second-order valence-corrected chi connectivity index (χ2v) is 9.31. The van der Waals surface area contributed by atoms with Crippen molar-refractivity contribution in [2.24, 2.45) is 0 Å². The number of nitrogens with zero attached hydrogens (tertiary/aromatic N) is 4. The molecule has 0 amide bonds. The third-order valence-electron chi connectivity index (χ3n) is 4.69. The Morgan fingerprint density at radius 1 is 0.417 bits per heavy atom. The van der Waals surface area contributed by atoms with Crippen molar-refractivity contribution in [3.05, 3.63) is 116 Å². The van der Waals surface area contributed by atoms with Gasteiger partial charge in [-0.25, -0.2) is 0 Å². The monoisotopic (exact) mass is 568 g/mol. The maximum absolute atomic E-state index is 10.7. The summed E-state index contributed by atoms with van der Waals surface area (Å²) in [6.45, 7) is 0. The van der Waals surface area contributed by atoms with Crippen LogP contribution in [0.4, 0.5) is 47.9 Å². The Balaban J connectivity index is 0.000000158. The zero-order valence-electron chi connectivity index (χ0n) is 18.0. The minimum atomic E-state index is -10.7. The van der Waals surface area contributed by atoms with E-state index in [2.05, 4.69) is 69.8 Å². The summed E-state index contributed by atoms with van der Waals surface area (Å²) in [6.07, 6.45) is 23.2. The van der Waals surface area contributed by atoms with Crippen LogP contribution in [-0.2, 0) is 17.1 Å². The van der Waals surface area contributed by atoms with Crippen molar-refractivity contribution in [1.82, 2.24) is 0 Å². The molecule has 0 N–H and O–H groups in total. The van der Waals surface area contributed by atoms with E-state index in [4.69, 9.17) is 0 Å². The van der Waals surface area contributed by atoms with E-state index in [1.54, 1.807) is 24.8 Å². The summed E-state index contributed by atoms with van der Waals surface area (Å²) in [6, 6.07) is 8.30. The molecule has 0 fully saturated rings. The Kier molecular flexibility index (Phi) is 7.24. The average molecular weight is 569 g/mol. The van der Waals surface area contributed by atoms with Crippen LogP contribution < -0.4 is 20.9 Å². The van der Waals surface area contributed by atoms with Gasteiger partial charge in [0.15, 0.2) is 0 Å². The van der Waals surface area contributed by atoms with Crippen LogP contribution in [0.3, 0.4) is 0 Å². The zero-order valence-corrected chi connectivity index (χ0v) is 19.9. The van der Waals surface area contributed by atoms with Crippen LogP contribution >= 0.6 is 7.81 Å². The van der Waals surface area contributed by atoms with E-state index in [1.165, 1.54) is 0 Å². The molecule has 2 aromatic carbocycles. The molecule has 0 bridgehead atoms. The van der Waals surface area contributed by atoms with Gasteiger partial charge in [-0.3, -0.25) is 0 Å². The van der Waals surface area contributed by atoms with E-state index in [1.807, 2.05) is 24.3 Å². The Hall–Kier alpha value is -3.39. The minimum Gasteiger partial charge on any atom is 2.00 e. The second kappa shape index (κ2) is 9.58. The molecule has 4 heterocycles. The first-order chi connectivity index (χ1) is 16.3. The molecule has 193 valence electrons. The van der Waals surface area contributed by atoms with Crippen LogP contribution in [0.25, 0.3) is 45.6 Å². The number of fused-ring (bicyclic) bond motifs is 6. The van der Waals surface area contributed by atoms with Crippen molar-refractivity contribution in [2.75, 3.05) is 0 Å². The molecule has 12 heteroatoms. The molecule has 4 nitrogen and oxygen atoms in total. The van der Waals surface area contributed by atoms with Crippen molar-refractivity contribution in [1.29, 1.82) is 0 Å². The van der Waals surface area contributed by atoms with Gasteiger partial charge in [0.25, 0.3) is 0 Å². The summed E-state index contributed by atoms with van der Waals surface area (Å²) in [5.41, 5.74) is 3.91. The summed E-state index contributed by atoms with van der Waals surface area (Å²) in [5, 5.41) is 21.9. The Labute approximate surface area is 212 Å². The molecular weight excluding hydrogens is 553 g/mol. The molecule has 4 aliphatic heterocycles. The number of rotatable bonds is 0. The SMILES string of the molecule is C1=C[N-]c2c3c(ccc2=C1)=CC=C[N-]3.C1=C[N-]c2c3c(ccc2=C1)=CC=C[N-]3.F[P-](F)(F)(F)(F)F.[Cu+2]. The molecule has 36 heavy (non-hydrogen) atoms. The van der Waals surface area contributed by atoms with Crippen LogP contribution in [-0.4, -0.2) is 0 Å². The number of hydrogen-bond donors (Lipinski definition) is 0. The second-order valence-electron chi connectivity index (χ2n) is 7.39. The Morgan fingerprint density at radius 3 is 0.806 bits per heavy atom.